The van der Waals surface area contributed by atoms with Gasteiger partial charge in [-0.3, -0.25) is 0 Å². The lowest BCUT2D eigenvalue weighted by Crippen LogP contribution is -2.38. The van der Waals surface area contributed by atoms with E-state index >= 15 is 0 Å². The van der Waals surface area contributed by atoms with E-state index in [1.165, 1.54) is 44.9 Å². The number of nitrogens with one attached hydrogen (secondary N) is 1. The highest BCUT2D eigenvalue weighted by molar-refractivity contribution is 5.32. The number of aryl methyl sites for hydroxylation is 1. The number of benzene rings is 1. The van der Waals surface area contributed by atoms with Crippen LogP contribution in [0, 0.1) is 5.92 Å². The minimum atomic E-state index is 0.691. The second kappa shape index (κ2) is 8.58. The Hall–Kier alpha value is -0.820. The Morgan fingerprint density at radius 1 is 1.14 bits per heavy atom. The first-order valence-electron chi connectivity index (χ1n) is 9.11. The van der Waals surface area contributed by atoms with Gasteiger partial charge < -0.3 is 5.32 Å². The van der Waals surface area contributed by atoms with Crippen molar-refractivity contribution >= 4 is 0 Å². The summed E-state index contributed by atoms with van der Waals surface area (Å²) in [5.41, 5.74) is 3.24. The third kappa shape index (κ3) is 4.32. The fourth-order valence-corrected chi connectivity index (χ4v) is 4.04. The molecular formula is C20H33N. The molecule has 1 aliphatic carbocycles. The molecule has 0 saturated heterocycles. The first-order chi connectivity index (χ1) is 10.3. The van der Waals surface area contributed by atoms with Crippen LogP contribution in [0.3, 0.4) is 0 Å². The molecule has 2 rings (SSSR count). The highest BCUT2D eigenvalue weighted by Crippen LogP contribution is 2.36. The molecule has 1 aromatic rings. The lowest BCUT2D eigenvalue weighted by molar-refractivity contribution is 0.293. The Morgan fingerprint density at radius 3 is 2.62 bits per heavy atom. The van der Waals surface area contributed by atoms with E-state index in [0.717, 1.165) is 18.4 Å². The highest BCUT2D eigenvalue weighted by Gasteiger charge is 2.26. The molecule has 1 heteroatoms. The van der Waals surface area contributed by atoms with Crippen LogP contribution in [0.1, 0.15) is 76.3 Å². The Balaban J connectivity index is 2.09. The third-order valence-electron chi connectivity index (χ3n) is 5.31. The maximum Gasteiger partial charge on any atom is 0.0101 e. The fraction of sp³-hybridized carbons (Fsp3) is 0.700. The van der Waals surface area contributed by atoms with Crippen LogP contribution in [0.15, 0.2) is 24.3 Å². The van der Waals surface area contributed by atoms with Crippen molar-refractivity contribution in [3.05, 3.63) is 35.4 Å². The molecule has 0 saturated carbocycles. The molecule has 1 N–H and O–H groups in total. The monoisotopic (exact) mass is 287 g/mol. The van der Waals surface area contributed by atoms with Crippen LogP contribution in [0.25, 0.3) is 0 Å². The molecule has 0 fully saturated rings. The minimum Gasteiger partial charge on any atom is -0.314 e. The number of rotatable bonds is 8. The van der Waals surface area contributed by atoms with Gasteiger partial charge in [-0.1, -0.05) is 57.9 Å². The van der Waals surface area contributed by atoms with Crippen LogP contribution in [0.4, 0.5) is 0 Å². The average molecular weight is 287 g/mol. The van der Waals surface area contributed by atoms with E-state index in [1.807, 2.05) is 0 Å². The van der Waals surface area contributed by atoms with Crippen LogP contribution in [-0.4, -0.2) is 12.6 Å². The van der Waals surface area contributed by atoms with E-state index in [-0.39, 0.29) is 0 Å². The number of hydrogen-bond acceptors (Lipinski definition) is 1. The molecule has 0 bridgehead atoms. The lowest BCUT2D eigenvalue weighted by atomic mass is 9.77. The standard InChI is InChI=1S/C20H33N/c1-4-14-21-20(16(5-2)6-3)15-18-12-9-11-17-10-7-8-13-19(17)18/h7-8,10,13,16,18,20-21H,4-6,9,11-12,14-15H2,1-3H3. The summed E-state index contributed by atoms with van der Waals surface area (Å²) in [6.07, 6.45) is 9.18. The topological polar surface area (TPSA) is 12.0 Å². The van der Waals surface area contributed by atoms with Crippen molar-refractivity contribution < 1.29 is 0 Å². The fourth-order valence-electron chi connectivity index (χ4n) is 4.04. The predicted octanol–water partition coefficient (Wildman–Crippen LogP) is 5.30. The van der Waals surface area contributed by atoms with Crippen LogP contribution in [0.5, 0.6) is 0 Å². The van der Waals surface area contributed by atoms with Gasteiger partial charge in [-0.2, -0.15) is 0 Å². The summed E-state index contributed by atoms with van der Waals surface area (Å²) in [6.45, 7) is 8.13. The quantitative estimate of drug-likeness (QED) is 0.684. The summed E-state index contributed by atoms with van der Waals surface area (Å²) in [7, 11) is 0. The summed E-state index contributed by atoms with van der Waals surface area (Å²) in [4.78, 5) is 0. The summed E-state index contributed by atoms with van der Waals surface area (Å²) in [5.74, 6) is 1.59. The molecule has 2 unspecified atom stereocenters. The molecule has 1 nitrogen and oxygen atoms in total. The smallest absolute Gasteiger partial charge is 0.0101 e. The Morgan fingerprint density at radius 2 is 1.90 bits per heavy atom. The van der Waals surface area contributed by atoms with E-state index in [2.05, 4.69) is 50.4 Å². The van der Waals surface area contributed by atoms with Crippen molar-refractivity contribution in [3.63, 3.8) is 0 Å². The largest absolute Gasteiger partial charge is 0.314 e. The van der Waals surface area contributed by atoms with Gasteiger partial charge in [-0.05, 0) is 61.6 Å². The molecule has 2 atom stereocenters. The van der Waals surface area contributed by atoms with Gasteiger partial charge in [0.15, 0.2) is 0 Å². The molecule has 0 aromatic heterocycles. The van der Waals surface area contributed by atoms with Crippen molar-refractivity contribution in [2.24, 2.45) is 5.92 Å². The number of fused-ring (bicyclic) bond motifs is 1. The first kappa shape index (κ1) is 16.5. The van der Waals surface area contributed by atoms with E-state index in [4.69, 9.17) is 0 Å². The molecule has 0 heterocycles. The van der Waals surface area contributed by atoms with Crippen molar-refractivity contribution in [2.75, 3.05) is 6.54 Å². The first-order valence-corrected chi connectivity index (χ1v) is 9.11. The Labute approximate surface area is 131 Å². The third-order valence-corrected chi connectivity index (χ3v) is 5.31. The molecular weight excluding hydrogens is 254 g/mol. The van der Waals surface area contributed by atoms with Crippen LogP contribution in [0.2, 0.25) is 0 Å². The van der Waals surface area contributed by atoms with E-state index in [9.17, 15) is 0 Å². The summed E-state index contributed by atoms with van der Waals surface area (Å²) < 4.78 is 0. The average Bonchev–Trinajstić information content (AvgIpc) is 2.53. The van der Waals surface area contributed by atoms with Crippen molar-refractivity contribution in [1.82, 2.24) is 5.32 Å². The van der Waals surface area contributed by atoms with Crippen LogP contribution < -0.4 is 5.32 Å². The molecule has 118 valence electrons. The van der Waals surface area contributed by atoms with Gasteiger partial charge in [0.25, 0.3) is 0 Å². The Kier molecular flexibility index (Phi) is 6.76. The van der Waals surface area contributed by atoms with Gasteiger partial charge in [0.1, 0.15) is 0 Å². The number of hydrogen-bond donors (Lipinski definition) is 1. The lowest BCUT2D eigenvalue weighted by Gasteiger charge is -2.33. The summed E-state index contributed by atoms with van der Waals surface area (Å²) in [6, 6.07) is 9.84. The Bertz CT molecular complexity index is 408. The highest BCUT2D eigenvalue weighted by atomic mass is 14.9. The molecule has 0 amide bonds. The zero-order valence-electron chi connectivity index (χ0n) is 14.2. The normalized spacial score (nSPS) is 19.5. The van der Waals surface area contributed by atoms with Crippen molar-refractivity contribution in [2.45, 2.75) is 77.7 Å². The maximum atomic E-state index is 3.85. The molecule has 0 radical (unpaired) electrons. The SMILES string of the molecule is CCCNC(CC1CCCc2ccccc21)C(CC)CC. The second-order valence-corrected chi connectivity index (χ2v) is 6.66. The second-order valence-electron chi connectivity index (χ2n) is 6.66. The summed E-state index contributed by atoms with van der Waals surface area (Å²) >= 11 is 0. The zero-order valence-corrected chi connectivity index (χ0v) is 14.2. The van der Waals surface area contributed by atoms with Gasteiger partial charge in [0.05, 0.1) is 0 Å². The minimum absolute atomic E-state index is 0.691. The summed E-state index contributed by atoms with van der Waals surface area (Å²) in [5, 5.41) is 3.85. The maximum absolute atomic E-state index is 3.85. The van der Waals surface area contributed by atoms with Gasteiger partial charge in [-0.25, -0.2) is 0 Å². The van der Waals surface area contributed by atoms with E-state index in [0.29, 0.717) is 6.04 Å². The molecule has 0 spiro atoms. The van der Waals surface area contributed by atoms with Crippen molar-refractivity contribution in [3.8, 4) is 0 Å². The van der Waals surface area contributed by atoms with Crippen LogP contribution in [-0.2, 0) is 6.42 Å². The zero-order chi connectivity index (χ0) is 15.1. The van der Waals surface area contributed by atoms with Gasteiger partial charge in [0, 0.05) is 6.04 Å². The molecule has 1 aliphatic rings. The van der Waals surface area contributed by atoms with Gasteiger partial charge in [0.2, 0.25) is 0 Å². The van der Waals surface area contributed by atoms with Gasteiger partial charge >= 0.3 is 0 Å². The van der Waals surface area contributed by atoms with Crippen molar-refractivity contribution in [1.29, 1.82) is 0 Å². The molecule has 0 aliphatic heterocycles. The van der Waals surface area contributed by atoms with Gasteiger partial charge in [-0.15, -0.1) is 0 Å². The molecule has 1 aromatic carbocycles. The van der Waals surface area contributed by atoms with E-state index < -0.39 is 0 Å². The van der Waals surface area contributed by atoms with Crippen LogP contribution >= 0.6 is 0 Å². The predicted molar refractivity (Wildman–Crippen MR) is 92.9 cm³/mol. The molecule has 21 heavy (non-hydrogen) atoms. The van der Waals surface area contributed by atoms with E-state index in [1.54, 1.807) is 11.1 Å².